The quantitative estimate of drug-likeness (QED) is 0.603. The van der Waals surface area contributed by atoms with Gasteiger partial charge < -0.3 is 14.9 Å². The van der Waals surface area contributed by atoms with Crippen molar-refractivity contribution in [3.05, 3.63) is 0 Å². The Labute approximate surface area is 101 Å². The van der Waals surface area contributed by atoms with Crippen LogP contribution in [0.5, 0.6) is 0 Å². The van der Waals surface area contributed by atoms with Gasteiger partial charge in [-0.1, -0.05) is 0 Å². The van der Waals surface area contributed by atoms with Gasteiger partial charge in [0, 0.05) is 12.8 Å². The first-order valence-electron chi connectivity index (χ1n) is 5.84. The van der Waals surface area contributed by atoms with E-state index in [9.17, 15) is 19.8 Å². The smallest absolute Gasteiger partial charge is 0.314 e. The molecule has 0 amide bonds. The third kappa shape index (κ3) is 3.26. The average molecular weight is 244 g/mol. The number of ether oxygens (including phenoxy) is 1. The Morgan fingerprint density at radius 2 is 1.88 bits per heavy atom. The first kappa shape index (κ1) is 14.1. The highest BCUT2D eigenvalue weighted by Gasteiger charge is 2.42. The van der Waals surface area contributed by atoms with Crippen LogP contribution in [0.2, 0.25) is 0 Å². The van der Waals surface area contributed by atoms with Crippen LogP contribution in [0.15, 0.2) is 0 Å². The van der Waals surface area contributed by atoms with Gasteiger partial charge in [0.15, 0.2) is 0 Å². The predicted molar refractivity (Wildman–Crippen MR) is 60.2 cm³/mol. The number of cyclic esters (lactones) is 1. The fourth-order valence-electron chi connectivity index (χ4n) is 1.81. The van der Waals surface area contributed by atoms with Gasteiger partial charge in [0.05, 0.1) is 23.7 Å². The SMILES string of the molecule is C[C@@H]1CCC(=O)C[C@@H](O)[C@H](O)C(C)(C)C(=O)O1. The van der Waals surface area contributed by atoms with Crippen LogP contribution in [0.1, 0.15) is 40.0 Å². The van der Waals surface area contributed by atoms with E-state index in [2.05, 4.69) is 0 Å². The van der Waals surface area contributed by atoms with Gasteiger partial charge in [-0.3, -0.25) is 9.59 Å². The number of Topliss-reactive ketones (excluding diaryl/α,β-unsaturated/α-hetero) is 1. The van der Waals surface area contributed by atoms with Crippen LogP contribution >= 0.6 is 0 Å². The lowest BCUT2D eigenvalue weighted by Gasteiger charge is -2.33. The summed E-state index contributed by atoms with van der Waals surface area (Å²) in [4.78, 5) is 23.3. The lowest BCUT2D eigenvalue weighted by atomic mass is 9.81. The van der Waals surface area contributed by atoms with Crippen LogP contribution in [0.3, 0.4) is 0 Å². The molecule has 0 aromatic heterocycles. The van der Waals surface area contributed by atoms with Gasteiger partial charge >= 0.3 is 5.97 Å². The number of rotatable bonds is 0. The molecule has 0 radical (unpaired) electrons. The second-order valence-corrected chi connectivity index (χ2v) is 5.23. The molecule has 2 N–H and O–H groups in total. The number of aliphatic hydroxyl groups is 2. The Kier molecular flexibility index (Phi) is 4.27. The molecule has 0 bridgehead atoms. The third-order valence-electron chi connectivity index (χ3n) is 3.20. The molecular weight excluding hydrogens is 224 g/mol. The highest BCUT2D eigenvalue weighted by molar-refractivity contribution is 5.80. The maximum Gasteiger partial charge on any atom is 0.314 e. The molecule has 1 aliphatic heterocycles. The van der Waals surface area contributed by atoms with Crippen molar-refractivity contribution < 1.29 is 24.5 Å². The summed E-state index contributed by atoms with van der Waals surface area (Å²) in [6.07, 6.45) is -2.30. The van der Waals surface area contributed by atoms with Gasteiger partial charge in [-0.05, 0) is 27.2 Å². The molecular formula is C12H20O5. The Morgan fingerprint density at radius 1 is 1.29 bits per heavy atom. The fraction of sp³-hybridized carbons (Fsp3) is 0.833. The summed E-state index contributed by atoms with van der Waals surface area (Å²) in [5.74, 6) is -0.678. The molecule has 1 heterocycles. The van der Waals surface area contributed by atoms with E-state index in [1.54, 1.807) is 6.92 Å². The molecule has 5 nitrogen and oxygen atoms in total. The van der Waals surface area contributed by atoms with Crippen LogP contribution in [-0.4, -0.2) is 40.3 Å². The first-order valence-corrected chi connectivity index (χ1v) is 5.84. The monoisotopic (exact) mass is 244 g/mol. The van der Waals surface area contributed by atoms with Crippen LogP contribution in [0.25, 0.3) is 0 Å². The molecule has 1 fully saturated rings. The highest BCUT2D eigenvalue weighted by atomic mass is 16.5. The molecule has 0 aliphatic carbocycles. The fourth-order valence-corrected chi connectivity index (χ4v) is 1.81. The summed E-state index contributed by atoms with van der Waals surface area (Å²) in [7, 11) is 0. The number of esters is 1. The second-order valence-electron chi connectivity index (χ2n) is 5.23. The summed E-state index contributed by atoms with van der Waals surface area (Å²) < 4.78 is 5.15. The topological polar surface area (TPSA) is 83.8 Å². The van der Waals surface area contributed by atoms with Crippen molar-refractivity contribution in [2.24, 2.45) is 5.41 Å². The van der Waals surface area contributed by atoms with Gasteiger partial charge in [-0.2, -0.15) is 0 Å². The van der Waals surface area contributed by atoms with Crippen molar-refractivity contribution in [2.75, 3.05) is 0 Å². The minimum atomic E-state index is -1.30. The standard InChI is InChI=1S/C12H20O5/c1-7-4-5-8(13)6-9(14)10(15)12(2,3)11(16)17-7/h7,9-10,14-15H,4-6H2,1-3H3/t7-,9-,10+/m1/s1. The number of hydrogen-bond acceptors (Lipinski definition) is 5. The summed E-state index contributed by atoms with van der Waals surface area (Å²) in [6.45, 7) is 4.72. The van der Waals surface area contributed by atoms with Crippen molar-refractivity contribution in [3.63, 3.8) is 0 Å². The lowest BCUT2D eigenvalue weighted by Crippen LogP contribution is -2.47. The Hall–Kier alpha value is -0.940. The number of hydrogen-bond donors (Lipinski definition) is 2. The Bertz CT molecular complexity index is 310. The minimum Gasteiger partial charge on any atom is -0.462 e. The normalized spacial score (nSPS) is 35.2. The van der Waals surface area contributed by atoms with Crippen LogP contribution in [-0.2, 0) is 14.3 Å². The Balaban J connectivity index is 2.92. The molecule has 0 unspecified atom stereocenters. The zero-order chi connectivity index (χ0) is 13.2. The molecule has 1 rings (SSSR count). The van der Waals surface area contributed by atoms with E-state index < -0.39 is 23.6 Å². The molecule has 1 saturated heterocycles. The van der Waals surface area contributed by atoms with Crippen molar-refractivity contribution in [1.82, 2.24) is 0 Å². The van der Waals surface area contributed by atoms with E-state index in [-0.39, 0.29) is 24.7 Å². The molecule has 0 aromatic rings. The van der Waals surface area contributed by atoms with E-state index >= 15 is 0 Å². The zero-order valence-corrected chi connectivity index (χ0v) is 10.5. The summed E-state index contributed by atoms with van der Waals surface area (Å²) in [5, 5.41) is 19.6. The highest BCUT2D eigenvalue weighted by Crippen LogP contribution is 2.28. The number of aliphatic hydroxyl groups excluding tert-OH is 2. The summed E-state index contributed by atoms with van der Waals surface area (Å²) in [5.41, 5.74) is -1.22. The minimum absolute atomic E-state index is 0.120. The van der Waals surface area contributed by atoms with Crippen molar-refractivity contribution in [3.8, 4) is 0 Å². The van der Waals surface area contributed by atoms with Crippen molar-refractivity contribution in [1.29, 1.82) is 0 Å². The van der Waals surface area contributed by atoms with Gasteiger partial charge in [-0.15, -0.1) is 0 Å². The number of ketones is 1. The van der Waals surface area contributed by atoms with E-state index in [0.29, 0.717) is 6.42 Å². The van der Waals surface area contributed by atoms with Crippen molar-refractivity contribution in [2.45, 2.75) is 58.3 Å². The van der Waals surface area contributed by atoms with E-state index in [1.807, 2.05) is 0 Å². The van der Waals surface area contributed by atoms with Crippen LogP contribution in [0, 0.1) is 5.41 Å². The molecule has 98 valence electrons. The molecule has 1 aliphatic rings. The molecule has 0 spiro atoms. The Morgan fingerprint density at radius 3 is 2.47 bits per heavy atom. The second kappa shape index (κ2) is 5.14. The van der Waals surface area contributed by atoms with Crippen LogP contribution < -0.4 is 0 Å². The largest absolute Gasteiger partial charge is 0.462 e. The molecule has 0 aromatic carbocycles. The molecule has 3 atom stereocenters. The van der Waals surface area contributed by atoms with Crippen LogP contribution in [0.4, 0.5) is 0 Å². The summed E-state index contributed by atoms with van der Waals surface area (Å²) >= 11 is 0. The van der Waals surface area contributed by atoms with Gasteiger partial charge in [-0.25, -0.2) is 0 Å². The lowest BCUT2D eigenvalue weighted by molar-refractivity contribution is -0.173. The van der Waals surface area contributed by atoms with E-state index in [0.717, 1.165) is 0 Å². The predicted octanol–water partition coefficient (Wildman–Crippen LogP) is 0.419. The molecule has 5 heteroatoms. The van der Waals surface area contributed by atoms with E-state index in [1.165, 1.54) is 13.8 Å². The maximum absolute atomic E-state index is 11.8. The number of carbonyl (C=O) groups is 2. The maximum atomic E-state index is 11.8. The third-order valence-corrected chi connectivity index (χ3v) is 3.20. The zero-order valence-electron chi connectivity index (χ0n) is 10.5. The molecule has 0 saturated carbocycles. The van der Waals surface area contributed by atoms with E-state index in [4.69, 9.17) is 4.74 Å². The van der Waals surface area contributed by atoms with Gasteiger partial charge in [0.2, 0.25) is 0 Å². The number of carbonyl (C=O) groups excluding carboxylic acids is 2. The first-order chi connectivity index (χ1) is 7.75. The summed E-state index contributed by atoms with van der Waals surface area (Å²) in [6, 6.07) is 0. The van der Waals surface area contributed by atoms with Crippen molar-refractivity contribution >= 4 is 11.8 Å². The van der Waals surface area contributed by atoms with Gasteiger partial charge in [0.25, 0.3) is 0 Å². The average Bonchev–Trinajstić information content (AvgIpc) is 2.23. The van der Waals surface area contributed by atoms with Gasteiger partial charge in [0.1, 0.15) is 5.78 Å². The molecule has 17 heavy (non-hydrogen) atoms.